The van der Waals surface area contributed by atoms with E-state index in [-0.39, 0.29) is 24.6 Å². The highest BCUT2D eigenvalue weighted by atomic mass is 127. The maximum Gasteiger partial charge on any atom is 0.410 e. The van der Waals surface area contributed by atoms with Crippen molar-refractivity contribution in [3.05, 3.63) is 35.9 Å². The number of piperazine rings is 1. The van der Waals surface area contributed by atoms with E-state index in [2.05, 4.69) is 32.8 Å². The van der Waals surface area contributed by atoms with Crippen LogP contribution in [0.5, 0.6) is 0 Å². The number of amides is 2. The number of hydrogen-bond donors (Lipinski definition) is 1. The fraction of sp³-hybridized carbons (Fsp3) is 0.600. The molecule has 3 atom stereocenters. The van der Waals surface area contributed by atoms with Crippen molar-refractivity contribution in [1.82, 2.24) is 20.0 Å². The second kappa shape index (κ2) is 9.84. The Kier molecular flexibility index (Phi) is 7.20. The van der Waals surface area contributed by atoms with E-state index in [0.29, 0.717) is 17.0 Å². The van der Waals surface area contributed by atoms with Gasteiger partial charge in [0.2, 0.25) is 5.91 Å². The van der Waals surface area contributed by atoms with Gasteiger partial charge in [0.1, 0.15) is 12.6 Å². The minimum atomic E-state index is -0.430. The van der Waals surface area contributed by atoms with Gasteiger partial charge in [-0.3, -0.25) is 14.6 Å². The van der Waals surface area contributed by atoms with Crippen LogP contribution < -0.4 is 5.32 Å². The summed E-state index contributed by atoms with van der Waals surface area (Å²) in [6.07, 6.45) is 0.293. The molecular formula is C20H27IN4O3S. The molecule has 9 heteroatoms. The number of nitrogens with one attached hydrogen (secondary N) is 1. The summed E-state index contributed by atoms with van der Waals surface area (Å²) in [7, 11) is 0. The second-order valence-corrected chi connectivity index (χ2v) is 10.1. The molecule has 3 fully saturated rings. The van der Waals surface area contributed by atoms with Gasteiger partial charge >= 0.3 is 6.09 Å². The Balaban J connectivity index is 1.46. The predicted octanol–water partition coefficient (Wildman–Crippen LogP) is 1.97. The van der Waals surface area contributed by atoms with Crippen LogP contribution in [-0.2, 0) is 16.1 Å². The molecule has 4 rings (SSSR count). The molecule has 1 aromatic carbocycles. The van der Waals surface area contributed by atoms with Gasteiger partial charge in [-0.05, 0) is 12.0 Å². The molecule has 0 bridgehead atoms. The summed E-state index contributed by atoms with van der Waals surface area (Å²) in [6, 6.07) is 9.42. The Hall–Kier alpha value is -1.04. The van der Waals surface area contributed by atoms with Crippen LogP contribution in [0.1, 0.15) is 12.0 Å². The topological polar surface area (TPSA) is 65.1 Å². The fourth-order valence-electron chi connectivity index (χ4n) is 4.19. The van der Waals surface area contributed by atoms with Crippen LogP contribution in [0.15, 0.2) is 30.3 Å². The zero-order valence-electron chi connectivity index (χ0n) is 16.3. The number of carbonyl (C=O) groups is 2. The lowest BCUT2D eigenvalue weighted by Crippen LogP contribution is -2.53. The number of halogens is 1. The maximum absolute atomic E-state index is 13.2. The first kappa shape index (κ1) is 21.2. The van der Waals surface area contributed by atoms with E-state index in [0.717, 1.165) is 43.4 Å². The Bertz CT molecular complexity index is 719. The highest BCUT2D eigenvalue weighted by molar-refractivity contribution is 14.1. The molecule has 7 nitrogen and oxygen atoms in total. The van der Waals surface area contributed by atoms with Gasteiger partial charge in [-0.25, -0.2) is 4.79 Å². The molecule has 3 heterocycles. The van der Waals surface area contributed by atoms with E-state index in [1.807, 2.05) is 35.2 Å². The van der Waals surface area contributed by atoms with E-state index >= 15 is 0 Å². The van der Waals surface area contributed by atoms with Crippen LogP contribution in [0.3, 0.4) is 0 Å². The molecule has 0 radical (unpaired) electrons. The third-order valence-electron chi connectivity index (χ3n) is 5.76. The number of thioether (sulfide) groups is 1. The van der Waals surface area contributed by atoms with Crippen LogP contribution in [0.25, 0.3) is 0 Å². The molecule has 29 heavy (non-hydrogen) atoms. The highest BCUT2D eigenvalue weighted by Crippen LogP contribution is 2.29. The van der Waals surface area contributed by atoms with E-state index in [1.165, 1.54) is 0 Å². The summed E-state index contributed by atoms with van der Waals surface area (Å²) in [5, 5.41) is 3.41. The summed E-state index contributed by atoms with van der Waals surface area (Å²) in [5.41, 5.74) is 0.949. The largest absolute Gasteiger partial charge is 0.445 e. The van der Waals surface area contributed by atoms with Crippen LogP contribution >= 0.6 is 34.4 Å². The Morgan fingerprint density at radius 2 is 2.07 bits per heavy atom. The zero-order valence-corrected chi connectivity index (χ0v) is 19.3. The minimum Gasteiger partial charge on any atom is -0.445 e. The number of nitrogens with zero attached hydrogens (tertiary/aromatic N) is 3. The summed E-state index contributed by atoms with van der Waals surface area (Å²) in [4.78, 5) is 32.1. The fourth-order valence-corrected chi connectivity index (χ4v) is 6.19. The Labute approximate surface area is 189 Å². The van der Waals surface area contributed by atoms with Crippen LogP contribution in [0.2, 0.25) is 0 Å². The van der Waals surface area contributed by atoms with Gasteiger partial charge < -0.3 is 15.0 Å². The lowest BCUT2D eigenvalue weighted by molar-refractivity contribution is -0.134. The summed E-state index contributed by atoms with van der Waals surface area (Å²) in [6.45, 7) is 4.34. The number of benzene rings is 1. The van der Waals surface area contributed by atoms with Crippen molar-refractivity contribution in [2.45, 2.75) is 29.2 Å². The molecule has 3 unspecified atom stereocenters. The minimum absolute atomic E-state index is 0.0642. The van der Waals surface area contributed by atoms with Crippen molar-refractivity contribution in [2.75, 3.05) is 44.4 Å². The molecule has 0 spiro atoms. The molecule has 158 valence electrons. The van der Waals surface area contributed by atoms with Gasteiger partial charge in [0, 0.05) is 44.5 Å². The van der Waals surface area contributed by atoms with Crippen molar-refractivity contribution in [2.24, 2.45) is 0 Å². The monoisotopic (exact) mass is 530 g/mol. The third kappa shape index (κ3) is 5.00. The maximum atomic E-state index is 13.2. The molecule has 2 amide bonds. The molecule has 1 aromatic rings. The lowest BCUT2D eigenvalue weighted by Gasteiger charge is -2.37. The zero-order chi connectivity index (χ0) is 20.2. The van der Waals surface area contributed by atoms with E-state index in [4.69, 9.17) is 4.74 Å². The molecule has 0 saturated carbocycles. The molecule has 0 aliphatic carbocycles. The van der Waals surface area contributed by atoms with Gasteiger partial charge in [-0.2, -0.15) is 0 Å². The normalized spacial score (nSPS) is 28.0. The number of ether oxygens (including phenoxy) is 1. The van der Waals surface area contributed by atoms with E-state index < -0.39 is 6.04 Å². The van der Waals surface area contributed by atoms with Crippen molar-refractivity contribution in [1.29, 1.82) is 0 Å². The lowest BCUT2D eigenvalue weighted by atomic mass is 10.1. The number of rotatable bonds is 4. The molecule has 0 aromatic heterocycles. The number of hydrogen-bond acceptors (Lipinski definition) is 6. The summed E-state index contributed by atoms with van der Waals surface area (Å²) < 4.78 is 5.96. The van der Waals surface area contributed by atoms with Crippen molar-refractivity contribution >= 4 is 46.4 Å². The van der Waals surface area contributed by atoms with Gasteiger partial charge in [0.25, 0.3) is 0 Å². The van der Waals surface area contributed by atoms with Crippen LogP contribution in [0, 0.1) is 0 Å². The number of alkyl halides is 1. The standard InChI is InChI=1S/C20H27IN4O3S/c21-18-11-22-6-7-24(18)16-10-17(19(26)23-8-9-29-14-23)25(12-16)20(27)28-13-15-4-2-1-3-5-15/h1-5,16-18,22H,6-14H2. The van der Waals surface area contributed by atoms with Crippen molar-refractivity contribution in [3.8, 4) is 0 Å². The van der Waals surface area contributed by atoms with Gasteiger partial charge in [-0.1, -0.05) is 52.9 Å². The molecule has 1 N–H and O–H groups in total. The molecular weight excluding hydrogens is 503 g/mol. The highest BCUT2D eigenvalue weighted by Gasteiger charge is 2.45. The molecule has 3 saturated heterocycles. The first-order chi connectivity index (χ1) is 14.1. The molecule has 3 aliphatic heterocycles. The molecule has 3 aliphatic rings. The van der Waals surface area contributed by atoms with Crippen molar-refractivity contribution in [3.63, 3.8) is 0 Å². The van der Waals surface area contributed by atoms with Gasteiger partial charge in [0.05, 0.1) is 9.93 Å². The third-order valence-corrected chi connectivity index (χ3v) is 7.88. The van der Waals surface area contributed by atoms with E-state index in [1.54, 1.807) is 16.7 Å². The first-order valence-electron chi connectivity index (χ1n) is 10.1. The average Bonchev–Trinajstić information content (AvgIpc) is 3.43. The Morgan fingerprint density at radius 1 is 1.24 bits per heavy atom. The summed E-state index contributed by atoms with van der Waals surface area (Å²) >= 11 is 4.22. The summed E-state index contributed by atoms with van der Waals surface area (Å²) in [5.74, 6) is 1.75. The second-order valence-electron chi connectivity index (χ2n) is 7.61. The Morgan fingerprint density at radius 3 is 2.79 bits per heavy atom. The smallest absolute Gasteiger partial charge is 0.410 e. The average molecular weight is 530 g/mol. The number of carbonyl (C=O) groups excluding carboxylic acids is 2. The predicted molar refractivity (Wildman–Crippen MR) is 122 cm³/mol. The van der Waals surface area contributed by atoms with Crippen LogP contribution in [0.4, 0.5) is 4.79 Å². The van der Waals surface area contributed by atoms with Gasteiger partial charge in [-0.15, -0.1) is 11.8 Å². The van der Waals surface area contributed by atoms with Gasteiger partial charge in [0.15, 0.2) is 0 Å². The number of likely N-dealkylation sites (tertiary alicyclic amines) is 1. The quantitative estimate of drug-likeness (QED) is 0.365. The van der Waals surface area contributed by atoms with Crippen LogP contribution in [-0.4, -0.2) is 87.2 Å². The SMILES string of the molecule is O=C(C1CC(N2CCNCC2I)CN1C(=O)OCc1ccccc1)N1CCSC1. The van der Waals surface area contributed by atoms with E-state index in [9.17, 15) is 9.59 Å². The first-order valence-corrected chi connectivity index (χ1v) is 12.5. The van der Waals surface area contributed by atoms with Crippen molar-refractivity contribution < 1.29 is 14.3 Å².